The number of rotatable bonds is 3. The Balaban J connectivity index is 0.00000243. The molecule has 26 heavy (non-hydrogen) atoms. The fourth-order valence-electron chi connectivity index (χ4n) is 2.78. The Labute approximate surface area is 158 Å². The van der Waals surface area contributed by atoms with E-state index in [0.717, 1.165) is 11.1 Å². The van der Waals surface area contributed by atoms with Crippen molar-refractivity contribution in [2.45, 2.75) is 25.9 Å². The van der Waals surface area contributed by atoms with Crippen LogP contribution in [0.2, 0.25) is 0 Å². The summed E-state index contributed by atoms with van der Waals surface area (Å²) < 4.78 is 5.76. The van der Waals surface area contributed by atoms with Crippen molar-refractivity contribution in [3.8, 4) is 5.75 Å². The van der Waals surface area contributed by atoms with Crippen LogP contribution in [0.1, 0.15) is 28.4 Å². The second-order valence-corrected chi connectivity index (χ2v) is 5.98. The molecule has 0 fully saturated rings. The van der Waals surface area contributed by atoms with Gasteiger partial charge in [-0.15, -0.1) is 0 Å². The number of nitrogens with one attached hydrogen (secondary N) is 1. The van der Waals surface area contributed by atoms with Gasteiger partial charge in [0.2, 0.25) is 5.91 Å². The third-order valence-corrected chi connectivity index (χ3v) is 4.18. The topological polar surface area (TPSA) is 91.8 Å². The summed E-state index contributed by atoms with van der Waals surface area (Å²) in [6.45, 7) is 2.65. The van der Waals surface area contributed by atoms with E-state index in [0.29, 0.717) is 24.5 Å². The van der Waals surface area contributed by atoms with Gasteiger partial charge < -0.3 is 9.64 Å². The van der Waals surface area contributed by atoms with Gasteiger partial charge in [0.25, 0.3) is 5.91 Å². The second-order valence-electron chi connectivity index (χ2n) is 5.98. The van der Waals surface area contributed by atoms with Gasteiger partial charge in [0.1, 0.15) is 12.4 Å². The molecular formula is C18H21N3O4S. The van der Waals surface area contributed by atoms with Crippen molar-refractivity contribution in [3.05, 3.63) is 59.4 Å². The Morgan fingerprint density at radius 3 is 2.88 bits per heavy atom. The molecule has 1 aromatic carbocycles. The predicted octanol–water partition coefficient (Wildman–Crippen LogP) is 1.67. The van der Waals surface area contributed by atoms with Gasteiger partial charge in [-0.2, -0.15) is 13.5 Å². The van der Waals surface area contributed by atoms with Crippen molar-refractivity contribution >= 4 is 25.3 Å². The zero-order chi connectivity index (χ0) is 17.8. The van der Waals surface area contributed by atoms with E-state index in [-0.39, 0.29) is 31.9 Å². The highest BCUT2D eigenvalue weighted by atomic mass is 32.1. The van der Waals surface area contributed by atoms with Crippen LogP contribution in [0.4, 0.5) is 0 Å². The van der Waals surface area contributed by atoms with Gasteiger partial charge >= 0.3 is 0 Å². The number of nitrogens with zero attached hydrogens (tertiary/aromatic N) is 2. The minimum Gasteiger partial charge on any atom is -0.491 e. The number of hydroxylamine groups is 1. The molecule has 0 bridgehead atoms. The number of carbonyl (C=O) groups excluding carboxylic acids is 2. The number of aromatic nitrogens is 1. The second kappa shape index (κ2) is 8.68. The van der Waals surface area contributed by atoms with E-state index in [1.165, 1.54) is 0 Å². The summed E-state index contributed by atoms with van der Waals surface area (Å²) in [5, 5.41) is 8.75. The molecular weight excluding hydrogens is 354 g/mol. The van der Waals surface area contributed by atoms with Crippen LogP contribution in [-0.4, -0.2) is 39.6 Å². The number of ether oxygens (including phenoxy) is 1. The first-order valence-electron chi connectivity index (χ1n) is 7.97. The molecule has 0 aliphatic carbocycles. The molecule has 7 nitrogen and oxygen atoms in total. The van der Waals surface area contributed by atoms with E-state index in [9.17, 15) is 9.59 Å². The van der Waals surface area contributed by atoms with Crippen LogP contribution in [0.3, 0.4) is 0 Å². The summed E-state index contributed by atoms with van der Waals surface area (Å²) in [6.07, 6.45) is 3.63. The zero-order valence-corrected chi connectivity index (χ0v) is 15.3. The van der Waals surface area contributed by atoms with Crippen LogP contribution in [0.5, 0.6) is 5.75 Å². The first-order valence-corrected chi connectivity index (χ1v) is 7.97. The van der Waals surface area contributed by atoms with E-state index in [1.54, 1.807) is 47.0 Å². The van der Waals surface area contributed by atoms with Crippen molar-refractivity contribution < 1.29 is 19.5 Å². The van der Waals surface area contributed by atoms with E-state index >= 15 is 0 Å². The molecule has 138 valence electrons. The minimum absolute atomic E-state index is 0. The van der Waals surface area contributed by atoms with Gasteiger partial charge in [-0.05, 0) is 30.7 Å². The van der Waals surface area contributed by atoms with Gasteiger partial charge in [0, 0.05) is 30.1 Å². The molecule has 1 aliphatic heterocycles. The standard InChI is InChI=1S/C18H19N3O4.H2S/c1-12-11-25-16-8-14(18(23)20-24)4-5-15(16)10-21(12)17(22)7-13-3-2-6-19-9-13;/h2-6,8-9,12,24H,7,10-11H2,1H3,(H,20,23);1H2/t12-;/m0./s1. The molecule has 0 saturated heterocycles. The minimum atomic E-state index is -0.604. The molecule has 0 saturated carbocycles. The Bertz CT molecular complexity index is 785. The Hall–Kier alpha value is -2.58. The molecule has 0 unspecified atom stereocenters. The summed E-state index contributed by atoms with van der Waals surface area (Å²) in [5.74, 6) is -0.0630. The number of hydrogen-bond acceptors (Lipinski definition) is 5. The highest BCUT2D eigenvalue weighted by Crippen LogP contribution is 2.27. The molecule has 3 rings (SSSR count). The molecule has 8 heteroatoms. The maximum absolute atomic E-state index is 12.7. The molecule has 1 aliphatic rings. The quantitative estimate of drug-likeness (QED) is 0.629. The number of carbonyl (C=O) groups is 2. The SMILES string of the molecule is C[C@H]1COc2cc(C(=O)NO)ccc2CN1C(=O)Cc1cccnc1.S. The lowest BCUT2D eigenvalue weighted by Crippen LogP contribution is -2.40. The van der Waals surface area contributed by atoms with Crippen molar-refractivity contribution in [3.63, 3.8) is 0 Å². The lowest BCUT2D eigenvalue weighted by Gasteiger charge is -2.26. The molecule has 0 radical (unpaired) electrons. The van der Waals surface area contributed by atoms with Gasteiger partial charge in [0.15, 0.2) is 0 Å². The van der Waals surface area contributed by atoms with Crippen LogP contribution >= 0.6 is 13.5 Å². The maximum atomic E-state index is 12.7. The number of fused-ring (bicyclic) bond motifs is 1. The molecule has 2 heterocycles. The number of amides is 2. The van der Waals surface area contributed by atoms with Crippen molar-refractivity contribution in [1.82, 2.24) is 15.4 Å². The average molecular weight is 375 g/mol. The van der Waals surface area contributed by atoms with Crippen LogP contribution in [0, 0.1) is 0 Å². The third-order valence-electron chi connectivity index (χ3n) is 4.18. The lowest BCUT2D eigenvalue weighted by molar-refractivity contribution is -0.133. The van der Waals surface area contributed by atoms with Crippen LogP contribution in [0.25, 0.3) is 0 Å². The Morgan fingerprint density at radius 1 is 1.38 bits per heavy atom. The average Bonchev–Trinajstić information content (AvgIpc) is 2.80. The Morgan fingerprint density at radius 2 is 2.19 bits per heavy atom. The zero-order valence-electron chi connectivity index (χ0n) is 14.3. The maximum Gasteiger partial charge on any atom is 0.274 e. The molecule has 2 N–H and O–H groups in total. The van der Waals surface area contributed by atoms with Gasteiger partial charge in [-0.25, -0.2) is 5.48 Å². The fraction of sp³-hybridized carbons (Fsp3) is 0.278. The Kier molecular flexibility index (Phi) is 6.59. The number of pyridine rings is 1. The van der Waals surface area contributed by atoms with Gasteiger partial charge in [0.05, 0.1) is 12.5 Å². The third kappa shape index (κ3) is 4.33. The van der Waals surface area contributed by atoms with Crippen molar-refractivity contribution in [1.29, 1.82) is 0 Å². The van der Waals surface area contributed by atoms with Crippen molar-refractivity contribution in [2.24, 2.45) is 0 Å². The van der Waals surface area contributed by atoms with Crippen molar-refractivity contribution in [2.75, 3.05) is 6.61 Å². The van der Waals surface area contributed by atoms with E-state index in [2.05, 4.69) is 4.98 Å². The fourth-order valence-corrected chi connectivity index (χ4v) is 2.78. The molecule has 0 spiro atoms. The van der Waals surface area contributed by atoms with E-state index in [4.69, 9.17) is 9.94 Å². The summed E-state index contributed by atoms with van der Waals surface area (Å²) in [6, 6.07) is 8.48. The summed E-state index contributed by atoms with van der Waals surface area (Å²) in [4.78, 5) is 30.1. The van der Waals surface area contributed by atoms with Crippen LogP contribution < -0.4 is 10.2 Å². The van der Waals surface area contributed by atoms with E-state index in [1.807, 2.05) is 13.0 Å². The summed E-state index contributed by atoms with van der Waals surface area (Å²) in [7, 11) is 0. The highest BCUT2D eigenvalue weighted by molar-refractivity contribution is 7.59. The smallest absolute Gasteiger partial charge is 0.274 e. The molecule has 1 atom stereocenters. The first kappa shape index (κ1) is 19.7. The first-order chi connectivity index (χ1) is 12.1. The summed E-state index contributed by atoms with van der Waals surface area (Å²) >= 11 is 0. The van der Waals surface area contributed by atoms with Crippen LogP contribution in [0.15, 0.2) is 42.7 Å². The normalized spacial score (nSPS) is 15.8. The summed E-state index contributed by atoms with van der Waals surface area (Å²) in [5.41, 5.74) is 3.58. The predicted molar refractivity (Wildman–Crippen MR) is 99.5 cm³/mol. The number of benzene rings is 1. The monoisotopic (exact) mass is 375 g/mol. The number of hydrogen-bond donors (Lipinski definition) is 2. The van der Waals surface area contributed by atoms with Crippen LogP contribution in [-0.2, 0) is 17.8 Å². The van der Waals surface area contributed by atoms with E-state index < -0.39 is 5.91 Å². The van der Waals surface area contributed by atoms with Gasteiger partial charge in [-0.1, -0.05) is 12.1 Å². The molecule has 1 aromatic heterocycles. The lowest BCUT2D eigenvalue weighted by atomic mass is 10.1. The largest absolute Gasteiger partial charge is 0.491 e. The highest BCUT2D eigenvalue weighted by Gasteiger charge is 2.26. The molecule has 2 amide bonds. The van der Waals surface area contributed by atoms with Gasteiger partial charge in [-0.3, -0.25) is 19.8 Å². The molecule has 2 aromatic rings.